The number of anilines is 3. The van der Waals surface area contributed by atoms with E-state index in [4.69, 9.17) is 4.42 Å². The van der Waals surface area contributed by atoms with Crippen LogP contribution >= 0.6 is 0 Å². The highest BCUT2D eigenvalue weighted by Gasteiger charge is 2.42. The van der Waals surface area contributed by atoms with E-state index >= 15 is 0 Å². The first-order valence-corrected chi connectivity index (χ1v) is 23.9. The standard InChI is InChI=1S/C65H43N3O/c1-65(2)53-39-58(64-61(50-29-15-18-32-59(50)69-64)62(53)60-48-27-11-9-23-44(48)45-24-10-12-28-49(45)63(60)65)66(42-33-35-56-51(37-42)46-25-13-16-30-54(46)67(56)40-19-5-3-6-20-40)43-34-36-57-52(38-43)47-26-14-17-31-55(47)68(57)41-21-7-4-8-22-41/h3-39H,1-2H3. The van der Waals surface area contributed by atoms with Crippen LogP contribution in [0.25, 0.3) is 110 Å². The number of benzene rings is 11. The van der Waals surface area contributed by atoms with E-state index in [9.17, 15) is 0 Å². The maximum Gasteiger partial charge on any atom is 0.160 e. The van der Waals surface area contributed by atoms with Crippen molar-refractivity contribution in [3.05, 3.63) is 236 Å². The summed E-state index contributed by atoms with van der Waals surface area (Å²) in [6.07, 6.45) is 0. The third kappa shape index (κ3) is 5.23. The van der Waals surface area contributed by atoms with Gasteiger partial charge in [0.15, 0.2) is 5.58 Å². The molecule has 3 heterocycles. The molecule has 1 aliphatic carbocycles. The van der Waals surface area contributed by atoms with Crippen molar-refractivity contribution >= 4 is 104 Å². The van der Waals surface area contributed by atoms with Crippen LogP contribution in [0, 0.1) is 0 Å². The van der Waals surface area contributed by atoms with Crippen LogP contribution in [0.4, 0.5) is 17.1 Å². The molecule has 4 heteroatoms. The van der Waals surface area contributed by atoms with Crippen molar-refractivity contribution in [2.24, 2.45) is 0 Å². The Kier molecular flexibility index (Phi) is 7.81. The smallest absolute Gasteiger partial charge is 0.160 e. The summed E-state index contributed by atoms with van der Waals surface area (Å²) < 4.78 is 12.1. The summed E-state index contributed by atoms with van der Waals surface area (Å²) in [5.41, 5.74) is 16.7. The Morgan fingerprint density at radius 2 is 0.826 bits per heavy atom. The minimum Gasteiger partial charge on any atom is -0.454 e. The predicted molar refractivity (Wildman–Crippen MR) is 290 cm³/mol. The highest BCUT2D eigenvalue weighted by molar-refractivity contribution is 6.26. The molecule has 0 radical (unpaired) electrons. The number of nitrogens with zero attached hydrogens (tertiary/aromatic N) is 3. The average molecular weight is 882 g/mol. The van der Waals surface area contributed by atoms with Crippen LogP contribution in [-0.2, 0) is 5.41 Å². The van der Waals surface area contributed by atoms with Gasteiger partial charge in [-0.1, -0.05) is 153 Å². The van der Waals surface area contributed by atoms with Gasteiger partial charge in [-0.3, -0.25) is 0 Å². The fourth-order valence-electron chi connectivity index (χ4n) is 12.3. The van der Waals surface area contributed by atoms with Gasteiger partial charge in [0.2, 0.25) is 0 Å². The van der Waals surface area contributed by atoms with Crippen LogP contribution in [0.3, 0.4) is 0 Å². The molecule has 0 bridgehead atoms. The average Bonchev–Trinajstić information content (AvgIpc) is 4.12. The topological polar surface area (TPSA) is 26.2 Å². The molecular formula is C65H43N3O. The fourth-order valence-corrected chi connectivity index (χ4v) is 12.3. The zero-order valence-electron chi connectivity index (χ0n) is 38.1. The molecule has 0 amide bonds. The van der Waals surface area contributed by atoms with Gasteiger partial charge < -0.3 is 18.5 Å². The second-order valence-electron chi connectivity index (χ2n) is 19.2. The predicted octanol–water partition coefficient (Wildman–Crippen LogP) is 17.9. The van der Waals surface area contributed by atoms with E-state index in [2.05, 4.69) is 252 Å². The van der Waals surface area contributed by atoms with E-state index < -0.39 is 0 Å². The van der Waals surface area contributed by atoms with Crippen LogP contribution in [0.1, 0.15) is 25.0 Å². The zero-order valence-corrected chi connectivity index (χ0v) is 38.1. The Labute approximate surface area is 398 Å². The summed E-state index contributed by atoms with van der Waals surface area (Å²) in [5, 5.41) is 12.2. The van der Waals surface area contributed by atoms with Gasteiger partial charge in [-0.15, -0.1) is 0 Å². The van der Waals surface area contributed by atoms with Crippen LogP contribution in [-0.4, -0.2) is 9.13 Å². The van der Waals surface area contributed by atoms with Gasteiger partial charge in [0.25, 0.3) is 0 Å². The third-order valence-electron chi connectivity index (χ3n) is 15.2. The Morgan fingerprint density at radius 3 is 1.41 bits per heavy atom. The molecule has 11 aromatic carbocycles. The van der Waals surface area contributed by atoms with E-state index in [1.165, 1.54) is 76.4 Å². The lowest BCUT2D eigenvalue weighted by Gasteiger charge is -2.29. The van der Waals surface area contributed by atoms with Crippen molar-refractivity contribution in [2.45, 2.75) is 19.3 Å². The SMILES string of the molecule is CC1(C)c2cc(N(c3ccc4c(c3)c3ccccc3n4-c3ccccc3)c3ccc4c(c3)c3ccccc3n4-c3ccccc3)c3oc4ccccc4c3c2-c2c1c1ccccc1c1ccccc21. The molecule has 14 aromatic rings. The maximum atomic E-state index is 7.31. The molecule has 0 spiro atoms. The second kappa shape index (κ2) is 14.1. The molecule has 0 saturated heterocycles. The van der Waals surface area contributed by atoms with Crippen molar-refractivity contribution in [3.63, 3.8) is 0 Å². The summed E-state index contributed by atoms with van der Waals surface area (Å²) in [6, 6.07) is 82.1. The Bertz CT molecular complexity index is 4300. The van der Waals surface area contributed by atoms with Crippen molar-refractivity contribution in [1.29, 1.82) is 0 Å². The molecule has 69 heavy (non-hydrogen) atoms. The van der Waals surface area contributed by atoms with E-state index in [0.717, 1.165) is 61.4 Å². The summed E-state index contributed by atoms with van der Waals surface area (Å²) in [4.78, 5) is 2.47. The number of para-hydroxylation sites is 5. The molecule has 0 fully saturated rings. The number of furan rings is 1. The molecule has 0 aliphatic heterocycles. The lowest BCUT2D eigenvalue weighted by molar-refractivity contribution is 0.660. The highest BCUT2D eigenvalue weighted by atomic mass is 16.3. The zero-order chi connectivity index (χ0) is 45.5. The monoisotopic (exact) mass is 881 g/mol. The molecule has 15 rings (SSSR count). The minimum absolute atomic E-state index is 0.360. The van der Waals surface area contributed by atoms with E-state index in [1.54, 1.807) is 0 Å². The maximum absolute atomic E-state index is 7.31. The molecular weight excluding hydrogens is 839 g/mol. The van der Waals surface area contributed by atoms with Crippen LogP contribution in [0.2, 0.25) is 0 Å². The molecule has 0 N–H and O–H groups in total. The number of hydrogen-bond donors (Lipinski definition) is 0. The number of fused-ring (bicyclic) bond motifs is 18. The molecule has 1 aliphatic rings. The quantitative estimate of drug-likeness (QED) is 0.161. The first kappa shape index (κ1) is 38.3. The van der Waals surface area contributed by atoms with Gasteiger partial charge in [0, 0.05) is 60.5 Å². The van der Waals surface area contributed by atoms with Crippen molar-refractivity contribution in [1.82, 2.24) is 9.13 Å². The molecule has 3 aromatic heterocycles. The van der Waals surface area contributed by atoms with Crippen LogP contribution < -0.4 is 4.90 Å². The van der Waals surface area contributed by atoms with E-state index in [0.29, 0.717) is 0 Å². The van der Waals surface area contributed by atoms with Gasteiger partial charge in [0.05, 0.1) is 27.8 Å². The number of hydrogen-bond acceptors (Lipinski definition) is 2. The Balaban J connectivity index is 1.08. The van der Waals surface area contributed by atoms with E-state index in [-0.39, 0.29) is 5.41 Å². The first-order chi connectivity index (χ1) is 34.0. The first-order valence-electron chi connectivity index (χ1n) is 23.9. The van der Waals surface area contributed by atoms with Gasteiger partial charge in [-0.2, -0.15) is 0 Å². The van der Waals surface area contributed by atoms with Crippen LogP contribution in [0.5, 0.6) is 0 Å². The normalized spacial score (nSPS) is 13.2. The number of aromatic nitrogens is 2. The van der Waals surface area contributed by atoms with Crippen molar-refractivity contribution in [3.8, 4) is 22.5 Å². The Morgan fingerprint density at radius 1 is 0.377 bits per heavy atom. The van der Waals surface area contributed by atoms with Crippen molar-refractivity contribution < 1.29 is 4.42 Å². The molecule has 0 atom stereocenters. The lowest BCUT2D eigenvalue weighted by Crippen LogP contribution is -2.17. The van der Waals surface area contributed by atoms with Gasteiger partial charge >= 0.3 is 0 Å². The molecule has 4 nitrogen and oxygen atoms in total. The molecule has 0 saturated carbocycles. The van der Waals surface area contributed by atoms with Gasteiger partial charge in [-0.05, 0) is 129 Å². The largest absolute Gasteiger partial charge is 0.454 e. The third-order valence-corrected chi connectivity index (χ3v) is 15.2. The van der Waals surface area contributed by atoms with Gasteiger partial charge in [-0.25, -0.2) is 0 Å². The summed E-state index contributed by atoms with van der Waals surface area (Å²) >= 11 is 0. The fraction of sp³-hybridized carbons (Fsp3) is 0.0462. The summed E-state index contributed by atoms with van der Waals surface area (Å²) in [5.74, 6) is 0. The second-order valence-corrected chi connectivity index (χ2v) is 19.2. The summed E-state index contributed by atoms with van der Waals surface area (Å²) in [6.45, 7) is 4.85. The summed E-state index contributed by atoms with van der Waals surface area (Å²) in [7, 11) is 0. The van der Waals surface area contributed by atoms with E-state index in [1.807, 2.05) is 0 Å². The van der Waals surface area contributed by atoms with Crippen LogP contribution in [0.15, 0.2) is 229 Å². The Hall–Kier alpha value is -8.86. The van der Waals surface area contributed by atoms with Gasteiger partial charge in [0.1, 0.15) is 5.58 Å². The molecule has 324 valence electrons. The number of rotatable bonds is 5. The lowest BCUT2D eigenvalue weighted by atomic mass is 9.79. The highest BCUT2D eigenvalue weighted by Crippen LogP contribution is 2.60. The van der Waals surface area contributed by atoms with Crippen molar-refractivity contribution in [2.75, 3.05) is 4.90 Å². The molecule has 0 unspecified atom stereocenters. The minimum atomic E-state index is -0.360.